The summed E-state index contributed by atoms with van der Waals surface area (Å²) in [7, 11) is 0. The number of piperidine rings is 1. The first-order chi connectivity index (χ1) is 9.75. The van der Waals surface area contributed by atoms with Gasteiger partial charge in [0.15, 0.2) is 0 Å². The van der Waals surface area contributed by atoms with Gasteiger partial charge in [-0.25, -0.2) is 0 Å². The fourth-order valence-electron chi connectivity index (χ4n) is 2.98. The number of nitrogens with zero attached hydrogens (tertiary/aromatic N) is 1. The van der Waals surface area contributed by atoms with Crippen LogP contribution in [0.25, 0.3) is 11.1 Å². The molecule has 1 aromatic heterocycles. The van der Waals surface area contributed by atoms with Gasteiger partial charge in [0, 0.05) is 23.7 Å². The first-order valence-corrected chi connectivity index (χ1v) is 7.60. The Morgan fingerprint density at radius 1 is 1.20 bits per heavy atom. The van der Waals surface area contributed by atoms with Crippen LogP contribution in [0.4, 0.5) is 0 Å². The van der Waals surface area contributed by atoms with Crippen LogP contribution in [0, 0.1) is 0 Å². The van der Waals surface area contributed by atoms with Gasteiger partial charge in [0.25, 0.3) is 0 Å². The lowest BCUT2D eigenvalue weighted by Gasteiger charge is -2.22. The molecule has 2 aromatic rings. The van der Waals surface area contributed by atoms with E-state index in [0.717, 1.165) is 13.1 Å². The molecule has 2 heterocycles. The Bertz CT molecular complexity index is 548. The van der Waals surface area contributed by atoms with Crippen molar-refractivity contribution in [2.45, 2.75) is 38.5 Å². The molecule has 1 fully saturated rings. The Morgan fingerprint density at radius 2 is 2.00 bits per heavy atom. The van der Waals surface area contributed by atoms with Crippen LogP contribution >= 0.6 is 0 Å². The molecule has 2 N–H and O–H groups in total. The zero-order valence-electron chi connectivity index (χ0n) is 12.3. The van der Waals surface area contributed by atoms with Crippen molar-refractivity contribution in [1.29, 1.82) is 0 Å². The predicted molar refractivity (Wildman–Crippen MR) is 83.0 cm³/mol. The van der Waals surface area contributed by atoms with Crippen molar-refractivity contribution in [3.8, 4) is 11.1 Å². The van der Waals surface area contributed by atoms with E-state index in [1.807, 2.05) is 6.20 Å². The van der Waals surface area contributed by atoms with E-state index in [1.165, 1.54) is 35.2 Å². The van der Waals surface area contributed by atoms with Gasteiger partial charge in [-0.3, -0.25) is 5.10 Å². The van der Waals surface area contributed by atoms with E-state index in [1.54, 1.807) is 0 Å². The molecule has 0 aliphatic carbocycles. The van der Waals surface area contributed by atoms with Gasteiger partial charge in [-0.2, -0.15) is 5.10 Å². The van der Waals surface area contributed by atoms with Crippen molar-refractivity contribution < 1.29 is 0 Å². The van der Waals surface area contributed by atoms with Crippen LogP contribution < -0.4 is 5.32 Å². The van der Waals surface area contributed by atoms with Crippen LogP contribution in [0.2, 0.25) is 0 Å². The summed E-state index contributed by atoms with van der Waals surface area (Å²) in [5, 5.41) is 11.0. The molecule has 0 spiro atoms. The molecule has 1 aromatic carbocycles. The Morgan fingerprint density at radius 3 is 2.65 bits per heavy atom. The molecule has 1 aliphatic rings. The third-order valence-corrected chi connectivity index (χ3v) is 4.26. The quantitative estimate of drug-likeness (QED) is 0.892. The van der Waals surface area contributed by atoms with Crippen molar-refractivity contribution in [3.63, 3.8) is 0 Å². The lowest BCUT2D eigenvalue weighted by molar-refractivity contribution is 0.455. The van der Waals surface area contributed by atoms with Crippen LogP contribution in [0.3, 0.4) is 0 Å². The second-order valence-electron chi connectivity index (χ2n) is 6.02. The summed E-state index contributed by atoms with van der Waals surface area (Å²) in [6.45, 7) is 6.65. The Labute approximate surface area is 120 Å². The van der Waals surface area contributed by atoms with Crippen LogP contribution in [0.15, 0.2) is 30.5 Å². The third kappa shape index (κ3) is 2.63. The standard InChI is InChI=1S/C17H23N3/c1-12(2)13-5-7-14(8-6-13)16-11-19-20-17(16)15-4-3-9-18-10-15/h5-8,11-12,15,18H,3-4,9-10H2,1-2H3,(H,19,20). The number of benzene rings is 1. The van der Waals surface area contributed by atoms with Gasteiger partial charge in [0.1, 0.15) is 0 Å². The van der Waals surface area contributed by atoms with Gasteiger partial charge in [-0.1, -0.05) is 38.1 Å². The van der Waals surface area contributed by atoms with Gasteiger partial charge in [0.05, 0.1) is 6.20 Å². The highest BCUT2D eigenvalue weighted by Crippen LogP contribution is 2.31. The molecule has 0 radical (unpaired) electrons. The molecular weight excluding hydrogens is 246 g/mol. The van der Waals surface area contributed by atoms with Gasteiger partial charge in [-0.05, 0) is 36.4 Å². The maximum absolute atomic E-state index is 4.28. The number of H-pyrrole nitrogens is 1. The predicted octanol–water partition coefficient (Wildman–Crippen LogP) is 3.67. The van der Waals surface area contributed by atoms with E-state index < -0.39 is 0 Å². The monoisotopic (exact) mass is 269 g/mol. The van der Waals surface area contributed by atoms with E-state index >= 15 is 0 Å². The topological polar surface area (TPSA) is 40.7 Å². The zero-order valence-corrected chi connectivity index (χ0v) is 12.3. The van der Waals surface area contributed by atoms with Crippen LogP contribution in [-0.4, -0.2) is 23.3 Å². The Kier molecular flexibility index (Phi) is 3.88. The second-order valence-corrected chi connectivity index (χ2v) is 6.02. The van der Waals surface area contributed by atoms with Crippen molar-refractivity contribution in [3.05, 3.63) is 41.7 Å². The molecule has 3 rings (SSSR count). The lowest BCUT2D eigenvalue weighted by atomic mass is 9.91. The maximum atomic E-state index is 4.28. The zero-order chi connectivity index (χ0) is 13.9. The lowest BCUT2D eigenvalue weighted by Crippen LogP contribution is -2.28. The van der Waals surface area contributed by atoms with E-state index in [9.17, 15) is 0 Å². The normalized spacial score (nSPS) is 19.4. The highest BCUT2D eigenvalue weighted by Gasteiger charge is 2.20. The van der Waals surface area contributed by atoms with Crippen molar-refractivity contribution in [2.75, 3.05) is 13.1 Å². The molecule has 20 heavy (non-hydrogen) atoms. The van der Waals surface area contributed by atoms with Gasteiger partial charge in [-0.15, -0.1) is 0 Å². The summed E-state index contributed by atoms with van der Waals surface area (Å²) in [5.41, 5.74) is 5.20. The number of aromatic nitrogens is 2. The number of nitrogens with one attached hydrogen (secondary N) is 2. The fraction of sp³-hybridized carbons (Fsp3) is 0.471. The third-order valence-electron chi connectivity index (χ3n) is 4.26. The molecule has 3 nitrogen and oxygen atoms in total. The van der Waals surface area contributed by atoms with Gasteiger partial charge in [0.2, 0.25) is 0 Å². The average Bonchev–Trinajstić information content (AvgIpc) is 2.97. The highest BCUT2D eigenvalue weighted by molar-refractivity contribution is 5.66. The van der Waals surface area contributed by atoms with E-state index in [4.69, 9.17) is 0 Å². The van der Waals surface area contributed by atoms with Gasteiger partial charge >= 0.3 is 0 Å². The molecule has 3 heteroatoms. The van der Waals surface area contributed by atoms with E-state index in [-0.39, 0.29) is 0 Å². The molecule has 1 atom stereocenters. The molecular formula is C17H23N3. The minimum Gasteiger partial charge on any atom is -0.316 e. The summed E-state index contributed by atoms with van der Waals surface area (Å²) in [6, 6.07) is 8.91. The van der Waals surface area contributed by atoms with Crippen molar-refractivity contribution in [2.24, 2.45) is 0 Å². The van der Waals surface area contributed by atoms with Crippen molar-refractivity contribution >= 4 is 0 Å². The molecule has 1 aliphatic heterocycles. The minimum absolute atomic E-state index is 0.561. The largest absolute Gasteiger partial charge is 0.316 e. The molecule has 106 valence electrons. The fourth-order valence-corrected chi connectivity index (χ4v) is 2.98. The number of hydrogen-bond donors (Lipinski definition) is 2. The van der Waals surface area contributed by atoms with Crippen LogP contribution in [0.5, 0.6) is 0 Å². The molecule has 0 saturated carbocycles. The second kappa shape index (κ2) is 5.80. The Balaban J connectivity index is 1.88. The Hall–Kier alpha value is -1.61. The van der Waals surface area contributed by atoms with Crippen molar-refractivity contribution in [1.82, 2.24) is 15.5 Å². The number of hydrogen-bond acceptors (Lipinski definition) is 2. The molecule has 1 unspecified atom stereocenters. The van der Waals surface area contributed by atoms with Gasteiger partial charge < -0.3 is 5.32 Å². The molecule has 1 saturated heterocycles. The first-order valence-electron chi connectivity index (χ1n) is 7.60. The number of aromatic amines is 1. The minimum atomic E-state index is 0.561. The average molecular weight is 269 g/mol. The summed E-state index contributed by atoms with van der Waals surface area (Å²) in [6.07, 6.45) is 4.45. The highest BCUT2D eigenvalue weighted by atomic mass is 15.1. The van der Waals surface area contributed by atoms with Crippen LogP contribution in [-0.2, 0) is 0 Å². The molecule has 0 bridgehead atoms. The van der Waals surface area contributed by atoms with E-state index in [0.29, 0.717) is 11.8 Å². The summed E-state index contributed by atoms with van der Waals surface area (Å²) < 4.78 is 0. The SMILES string of the molecule is CC(C)c1ccc(-c2cn[nH]c2C2CCCNC2)cc1. The number of rotatable bonds is 3. The summed E-state index contributed by atoms with van der Waals surface area (Å²) in [4.78, 5) is 0. The van der Waals surface area contributed by atoms with E-state index in [2.05, 4.69) is 53.6 Å². The maximum Gasteiger partial charge on any atom is 0.0568 e. The molecule has 0 amide bonds. The van der Waals surface area contributed by atoms with Crippen LogP contribution in [0.1, 0.15) is 49.8 Å². The smallest absolute Gasteiger partial charge is 0.0568 e. The summed E-state index contributed by atoms with van der Waals surface area (Å²) in [5.74, 6) is 1.14. The first kappa shape index (κ1) is 13.4. The summed E-state index contributed by atoms with van der Waals surface area (Å²) >= 11 is 0.